The van der Waals surface area contributed by atoms with Crippen LogP contribution in [0.5, 0.6) is 0 Å². The fraction of sp³-hybridized carbons (Fsp3) is 0.185. The Kier molecular flexibility index (Phi) is 6.95. The van der Waals surface area contributed by atoms with Crippen molar-refractivity contribution in [3.8, 4) is 11.1 Å². The molecule has 1 unspecified atom stereocenters. The fourth-order valence-electron chi connectivity index (χ4n) is 3.15. The van der Waals surface area contributed by atoms with Crippen LogP contribution in [0.2, 0.25) is 0 Å². The number of thioether (sulfide) groups is 1. The molecule has 0 N–H and O–H groups in total. The average molecular weight is 385 g/mol. The standard InChI is InChI=1S/C27H28S/c1-20(2)26(19-28-27-8-6-5-7-9-27)18-22(4)23-14-16-25(17-15-23)24-12-10-21(3)11-13-24/h5-17,26H,1,4,18-19H2,2-3H3. The van der Waals surface area contributed by atoms with Gasteiger partial charge in [-0.05, 0) is 60.6 Å². The van der Waals surface area contributed by atoms with Gasteiger partial charge in [0.15, 0.2) is 0 Å². The molecule has 3 aromatic rings. The maximum Gasteiger partial charge on any atom is 0.00721 e. The van der Waals surface area contributed by atoms with Gasteiger partial charge in [-0.2, -0.15) is 0 Å². The van der Waals surface area contributed by atoms with Crippen LogP contribution in [0.4, 0.5) is 0 Å². The van der Waals surface area contributed by atoms with Crippen molar-refractivity contribution in [3.63, 3.8) is 0 Å². The van der Waals surface area contributed by atoms with E-state index in [2.05, 4.69) is 106 Å². The molecule has 0 fully saturated rings. The van der Waals surface area contributed by atoms with Crippen LogP contribution in [0.3, 0.4) is 0 Å². The molecule has 0 amide bonds. The minimum Gasteiger partial charge on any atom is -0.126 e. The predicted molar refractivity (Wildman–Crippen MR) is 126 cm³/mol. The lowest BCUT2D eigenvalue weighted by Gasteiger charge is -2.18. The highest BCUT2D eigenvalue weighted by Gasteiger charge is 2.13. The monoisotopic (exact) mass is 384 g/mol. The highest BCUT2D eigenvalue weighted by molar-refractivity contribution is 7.99. The number of aryl methyl sites for hydroxylation is 1. The van der Waals surface area contributed by atoms with Crippen LogP contribution >= 0.6 is 11.8 Å². The second kappa shape index (κ2) is 9.61. The van der Waals surface area contributed by atoms with Crippen molar-refractivity contribution in [2.75, 3.05) is 5.75 Å². The van der Waals surface area contributed by atoms with Gasteiger partial charge in [0.1, 0.15) is 0 Å². The Bertz CT molecular complexity index is 918. The molecule has 0 aliphatic heterocycles. The molecule has 0 saturated carbocycles. The Balaban J connectivity index is 1.64. The molecule has 1 heteroatoms. The number of hydrogen-bond donors (Lipinski definition) is 0. The summed E-state index contributed by atoms with van der Waals surface area (Å²) in [6, 6.07) is 28.0. The van der Waals surface area contributed by atoms with Gasteiger partial charge in [0.05, 0.1) is 0 Å². The van der Waals surface area contributed by atoms with Crippen LogP contribution in [-0.4, -0.2) is 5.75 Å². The first-order valence-electron chi connectivity index (χ1n) is 9.71. The molecule has 0 aromatic heterocycles. The zero-order valence-electron chi connectivity index (χ0n) is 16.8. The van der Waals surface area contributed by atoms with Gasteiger partial charge in [-0.25, -0.2) is 0 Å². The molecular weight excluding hydrogens is 356 g/mol. The van der Waals surface area contributed by atoms with Crippen LogP contribution in [0.25, 0.3) is 16.7 Å². The summed E-state index contributed by atoms with van der Waals surface area (Å²) in [5.41, 5.74) is 7.40. The molecule has 0 bridgehead atoms. The lowest BCUT2D eigenvalue weighted by molar-refractivity contribution is 0.721. The van der Waals surface area contributed by atoms with E-state index in [0.717, 1.165) is 12.2 Å². The Morgan fingerprint density at radius 3 is 1.96 bits per heavy atom. The third kappa shape index (κ3) is 5.50. The second-order valence-corrected chi connectivity index (χ2v) is 8.51. The van der Waals surface area contributed by atoms with E-state index >= 15 is 0 Å². The molecule has 28 heavy (non-hydrogen) atoms. The number of hydrogen-bond acceptors (Lipinski definition) is 1. The molecule has 0 aliphatic rings. The summed E-state index contributed by atoms with van der Waals surface area (Å²) < 4.78 is 0. The minimum atomic E-state index is 0.425. The van der Waals surface area contributed by atoms with E-state index < -0.39 is 0 Å². The van der Waals surface area contributed by atoms with Gasteiger partial charge < -0.3 is 0 Å². The molecule has 3 aromatic carbocycles. The summed E-state index contributed by atoms with van der Waals surface area (Å²) >= 11 is 1.89. The lowest BCUT2D eigenvalue weighted by atomic mass is 9.91. The number of benzene rings is 3. The topological polar surface area (TPSA) is 0 Å². The number of rotatable bonds is 8. The van der Waals surface area contributed by atoms with E-state index in [0.29, 0.717) is 5.92 Å². The van der Waals surface area contributed by atoms with Crippen LogP contribution in [0, 0.1) is 12.8 Å². The van der Waals surface area contributed by atoms with Crippen molar-refractivity contribution in [3.05, 3.63) is 109 Å². The van der Waals surface area contributed by atoms with Crippen LogP contribution in [0.1, 0.15) is 24.5 Å². The third-order valence-corrected chi connectivity index (χ3v) is 6.24. The van der Waals surface area contributed by atoms with Crippen LogP contribution < -0.4 is 0 Å². The maximum atomic E-state index is 4.37. The summed E-state index contributed by atoms with van der Waals surface area (Å²) in [6.45, 7) is 12.8. The first-order chi connectivity index (χ1) is 13.5. The second-order valence-electron chi connectivity index (χ2n) is 7.42. The predicted octanol–water partition coefficient (Wildman–Crippen LogP) is 8.05. The Morgan fingerprint density at radius 1 is 0.821 bits per heavy atom. The summed E-state index contributed by atoms with van der Waals surface area (Å²) in [4.78, 5) is 1.31. The Labute approximate surface area is 174 Å². The SMILES string of the molecule is C=C(CC(CSc1ccccc1)C(=C)C)c1ccc(-c2ccc(C)cc2)cc1. The van der Waals surface area contributed by atoms with Gasteiger partial charge >= 0.3 is 0 Å². The molecule has 0 heterocycles. The van der Waals surface area contributed by atoms with E-state index in [1.54, 1.807) is 0 Å². The van der Waals surface area contributed by atoms with Crippen molar-refractivity contribution in [2.24, 2.45) is 5.92 Å². The first-order valence-corrected chi connectivity index (χ1v) is 10.7. The van der Waals surface area contributed by atoms with E-state index in [4.69, 9.17) is 0 Å². The molecule has 0 aliphatic carbocycles. The normalized spacial score (nSPS) is 11.8. The Morgan fingerprint density at radius 2 is 1.39 bits per heavy atom. The fourth-order valence-corrected chi connectivity index (χ4v) is 4.29. The van der Waals surface area contributed by atoms with Crippen molar-refractivity contribution in [2.45, 2.75) is 25.2 Å². The van der Waals surface area contributed by atoms with Gasteiger partial charge in [-0.1, -0.05) is 91.0 Å². The summed E-state index contributed by atoms with van der Waals surface area (Å²) in [5.74, 6) is 1.45. The van der Waals surface area contributed by atoms with Gasteiger partial charge in [0, 0.05) is 10.6 Å². The zero-order valence-corrected chi connectivity index (χ0v) is 17.6. The van der Waals surface area contributed by atoms with Gasteiger partial charge in [-0.3, -0.25) is 0 Å². The van der Waals surface area contributed by atoms with Gasteiger partial charge in [0.2, 0.25) is 0 Å². The van der Waals surface area contributed by atoms with Crippen LogP contribution in [0.15, 0.2) is 102 Å². The summed E-state index contributed by atoms with van der Waals surface area (Å²) in [5, 5.41) is 0. The molecule has 0 saturated heterocycles. The Hall–Kier alpha value is -2.51. The third-order valence-electron chi connectivity index (χ3n) is 5.06. The zero-order chi connectivity index (χ0) is 19.9. The molecule has 1 atom stereocenters. The summed E-state index contributed by atoms with van der Waals surface area (Å²) in [7, 11) is 0. The van der Waals surface area contributed by atoms with Crippen molar-refractivity contribution < 1.29 is 0 Å². The summed E-state index contributed by atoms with van der Waals surface area (Å²) in [6.07, 6.45) is 0.943. The first kappa shape index (κ1) is 20.2. The van der Waals surface area contributed by atoms with Gasteiger partial charge in [0.25, 0.3) is 0 Å². The van der Waals surface area contributed by atoms with E-state index in [1.165, 1.54) is 38.3 Å². The van der Waals surface area contributed by atoms with Crippen molar-refractivity contribution >= 4 is 17.3 Å². The highest BCUT2D eigenvalue weighted by atomic mass is 32.2. The average Bonchev–Trinajstić information content (AvgIpc) is 2.72. The van der Waals surface area contributed by atoms with Crippen molar-refractivity contribution in [1.29, 1.82) is 0 Å². The molecular formula is C27H28S. The maximum absolute atomic E-state index is 4.37. The van der Waals surface area contributed by atoms with E-state index in [1.807, 2.05) is 11.8 Å². The highest BCUT2D eigenvalue weighted by Crippen LogP contribution is 2.31. The molecule has 0 radical (unpaired) electrons. The van der Waals surface area contributed by atoms with Crippen molar-refractivity contribution in [1.82, 2.24) is 0 Å². The molecule has 0 nitrogen and oxygen atoms in total. The van der Waals surface area contributed by atoms with Gasteiger partial charge in [-0.15, -0.1) is 11.8 Å². The smallest absolute Gasteiger partial charge is 0.00721 e. The van der Waals surface area contributed by atoms with Crippen LogP contribution in [-0.2, 0) is 0 Å². The van der Waals surface area contributed by atoms with E-state index in [9.17, 15) is 0 Å². The molecule has 142 valence electrons. The molecule has 0 spiro atoms. The lowest BCUT2D eigenvalue weighted by Crippen LogP contribution is -2.06. The largest absolute Gasteiger partial charge is 0.126 e. The molecule has 3 rings (SSSR count). The quantitative estimate of drug-likeness (QED) is 0.279. The van der Waals surface area contributed by atoms with E-state index in [-0.39, 0.29) is 0 Å². The number of allylic oxidation sites excluding steroid dienone is 2. The minimum absolute atomic E-state index is 0.425.